The highest BCUT2D eigenvalue weighted by atomic mass is 19.1. The number of nitrogens with zero attached hydrogens (tertiary/aromatic N) is 1. The summed E-state index contributed by atoms with van der Waals surface area (Å²) in [6.45, 7) is 7.07. The molecule has 1 aliphatic rings. The number of hydrogen-bond acceptors (Lipinski definition) is 3. The minimum absolute atomic E-state index is 0.212. The summed E-state index contributed by atoms with van der Waals surface area (Å²) in [4.78, 5) is 13.8. The van der Waals surface area contributed by atoms with Gasteiger partial charge in [0, 0.05) is 25.2 Å². The first-order valence-corrected chi connectivity index (χ1v) is 7.76. The fraction of sp³-hybridized carbons (Fsp3) is 0.588. The van der Waals surface area contributed by atoms with Crippen LogP contribution in [0.5, 0.6) is 0 Å². The molecule has 0 aromatic heterocycles. The van der Waals surface area contributed by atoms with Crippen molar-refractivity contribution in [1.82, 2.24) is 4.90 Å². The van der Waals surface area contributed by atoms with Gasteiger partial charge in [0.1, 0.15) is 11.4 Å². The van der Waals surface area contributed by atoms with E-state index in [1.165, 1.54) is 0 Å². The second-order valence-corrected chi connectivity index (χ2v) is 6.80. The lowest BCUT2D eigenvalue weighted by atomic mass is 9.89. The van der Waals surface area contributed by atoms with Crippen molar-refractivity contribution in [3.8, 4) is 0 Å². The smallest absolute Gasteiger partial charge is 0.410 e. The number of carbonyl (C=O) groups excluding carboxylic acids is 1. The molecule has 0 atom stereocenters. The monoisotopic (exact) mass is 308 g/mol. The summed E-state index contributed by atoms with van der Waals surface area (Å²) in [7, 11) is 0. The van der Waals surface area contributed by atoms with Gasteiger partial charge in [-0.1, -0.05) is 12.1 Å². The van der Waals surface area contributed by atoms with Gasteiger partial charge in [-0.15, -0.1) is 0 Å². The van der Waals surface area contributed by atoms with Gasteiger partial charge < -0.3 is 15.4 Å². The predicted molar refractivity (Wildman–Crippen MR) is 84.1 cm³/mol. The molecular formula is C17H25FN2O2. The number of carbonyl (C=O) groups is 1. The Labute approximate surface area is 131 Å². The number of ether oxygens (including phenoxy) is 1. The molecule has 5 heteroatoms. The minimum Gasteiger partial charge on any atom is -0.444 e. The van der Waals surface area contributed by atoms with Crippen LogP contribution >= 0.6 is 0 Å². The molecule has 0 bridgehead atoms. The van der Waals surface area contributed by atoms with Gasteiger partial charge in [-0.2, -0.15) is 0 Å². The van der Waals surface area contributed by atoms with Crippen LogP contribution in [-0.2, 0) is 11.3 Å². The summed E-state index contributed by atoms with van der Waals surface area (Å²) in [5.74, 6) is 0.0367. The molecule has 2 rings (SSSR count). The SMILES string of the molecule is CC(C)(C)OC(=O)N1CCC(c2ccc(CN)c(F)c2)CC1. The van der Waals surface area contributed by atoms with Crippen molar-refractivity contribution in [2.75, 3.05) is 13.1 Å². The molecule has 1 fully saturated rings. The molecular weight excluding hydrogens is 283 g/mol. The van der Waals surface area contributed by atoms with Crippen LogP contribution in [0.25, 0.3) is 0 Å². The zero-order chi connectivity index (χ0) is 16.3. The Morgan fingerprint density at radius 1 is 1.36 bits per heavy atom. The Hall–Kier alpha value is -1.62. The van der Waals surface area contributed by atoms with E-state index in [2.05, 4.69) is 0 Å². The second kappa shape index (κ2) is 6.65. The summed E-state index contributed by atoms with van der Waals surface area (Å²) < 4.78 is 19.2. The Balaban J connectivity index is 1.94. The Morgan fingerprint density at radius 2 is 2.00 bits per heavy atom. The maximum atomic E-state index is 13.8. The van der Waals surface area contributed by atoms with Crippen LogP contribution in [0.4, 0.5) is 9.18 Å². The van der Waals surface area contributed by atoms with Gasteiger partial charge in [0.05, 0.1) is 0 Å². The largest absolute Gasteiger partial charge is 0.444 e. The first-order valence-electron chi connectivity index (χ1n) is 7.76. The highest BCUT2D eigenvalue weighted by Gasteiger charge is 2.27. The minimum atomic E-state index is -0.477. The average Bonchev–Trinajstić information content (AvgIpc) is 2.45. The zero-order valence-electron chi connectivity index (χ0n) is 13.6. The molecule has 122 valence electrons. The lowest BCUT2D eigenvalue weighted by Gasteiger charge is -2.33. The number of amides is 1. The Bertz CT molecular complexity index is 532. The van der Waals surface area contributed by atoms with Crippen molar-refractivity contribution >= 4 is 6.09 Å². The van der Waals surface area contributed by atoms with Gasteiger partial charge >= 0.3 is 6.09 Å². The lowest BCUT2D eigenvalue weighted by molar-refractivity contribution is 0.0205. The number of rotatable bonds is 2. The van der Waals surface area contributed by atoms with Crippen LogP contribution in [0.3, 0.4) is 0 Å². The third-order valence-corrected chi connectivity index (χ3v) is 3.92. The highest BCUT2D eigenvalue weighted by molar-refractivity contribution is 5.68. The van der Waals surface area contributed by atoms with Crippen molar-refractivity contribution in [2.24, 2.45) is 5.73 Å². The summed E-state index contributed by atoms with van der Waals surface area (Å²) >= 11 is 0. The van der Waals surface area contributed by atoms with Crippen LogP contribution in [0.2, 0.25) is 0 Å². The summed E-state index contributed by atoms with van der Waals surface area (Å²) in [5, 5.41) is 0. The van der Waals surface area contributed by atoms with Crippen LogP contribution in [0.15, 0.2) is 18.2 Å². The maximum Gasteiger partial charge on any atom is 0.410 e. The molecule has 0 saturated carbocycles. The van der Waals surface area contributed by atoms with Crippen LogP contribution < -0.4 is 5.73 Å². The van der Waals surface area contributed by atoms with E-state index in [0.717, 1.165) is 18.4 Å². The summed E-state index contributed by atoms with van der Waals surface area (Å²) in [6, 6.07) is 5.28. The van der Waals surface area contributed by atoms with Gasteiger partial charge in [0.2, 0.25) is 0 Å². The van der Waals surface area contributed by atoms with Crippen molar-refractivity contribution in [2.45, 2.75) is 51.7 Å². The quantitative estimate of drug-likeness (QED) is 0.911. The lowest BCUT2D eigenvalue weighted by Crippen LogP contribution is -2.41. The Morgan fingerprint density at radius 3 is 2.50 bits per heavy atom. The van der Waals surface area contributed by atoms with Gasteiger partial charge in [-0.3, -0.25) is 0 Å². The fourth-order valence-corrected chi connectivity index (χ4v) is 2.70. The molecule has 0 radical (unpaired) electrons. The predicted octanol–water partition coefficient (Wildman–Crippen LogP) is 3.40. The van der Waals surface area contributed by atoms with E-state index >= 15 is 0 Å². The van der Waals surface area contributed by atoms with E-state index in [4.69, 9.17) is 10.5 Å². The van der Waals surface area contributed by atoms with Gasteiger partial charge in [0.25, 0.3) is 0 Å². The highest BCUT2D eigenvalue weighted by Crippen LogP contribution is 2.29. The molecule has 1 aromatic rings. The maximum absolute atomic E-state index is 13.8. The molecule has 4 nitrogen and oxygen atoms in total. The topological polar surface area (TPSA) is 55.6 Å². The first-order chi connectivity index (χ1) is 10.3. The number of nitrogens with two attached hydrogens (primary N) is 1. The standard InChI is InChI=1S/C17H25FN2O2/c1-17(2,3)22-16(21)20-8-6-12(7-9-20)13-4-5-14(11-19)15(18)10-13/h4-5,10,12H,6-9,11,19H2,1-3H3. The number of halogens is 1. The van der Waals surface area contributed by atoms with Gasteiger partial charge in [-0.25, -0.2) is 9.18 Å². The van der Waals surface area contributed by atoms with Crippen LogP contribution in [-0.4, -0.2) is 29.7 Å². The average molecular weight is 308 g/mol. The van der Waals surface area contributed by atoms with Gasteiger partial charge in [-0.05, 0) is 51.2 Å². The van der Waals surface area contributed by atoms with E-state index in [9.17, 15) is 9.18 Å². The third-order valence-electron chi connectivity index (χ3n) is 3.92. The van der Waals surface area contributed by atoms with E-state index in [0.29, 0.717) is 18.7 Å². The molecule has 0 aliphatic carbocycles. The number of benzene rings is 1. The molecule has 0 spiro atoms. The summed E-state index contributed by atoms with van der Waals surface area (Å²) in [6.07, 6.45) is 1.37. The van der Waals surface area contributed by atoms with Crippen LogP contribution in [0, 0.1) is 5.82 Å². The fourth-order valence-electron chi connectivity index (χ4n) is 2.70. The second-order valence-electron chi connectivity index (χ2n) is 6.80. The van der Waals surface area contributed by atoms with E-state index in [1.807, 2.05) is 26.8 Å². The molecule has 1 saturated heterocycles. The van der Waals surface area contributed by atoms with E-state index < -0.39 is 5.60 Å². The molecule has 2 N–H and O–H groups in total. The van der Waals surface area contributed by atoms with Crippen molar-refractivity contribution < 1.29 is 13.9 Å². The normalized spacial score (nSPS) is 16.7. The van der Waals surface area contributed by atoms with Crippen LogP contribution in [0.1, 0.15) is 50.7 Å². The molecule has 0 unspecified atom stereocenters. The molecule has 1 heterocycles. The number of likely N-dealkylation sites (tertiary alicyclic amines) is 1. The van der Waals surface area contributed by atoms with Gasteiger partial charge in [0.15, 0.2) is 0 Å². The number of piperidine rings is 1. The van der Waals surface area contributed by atoms with Crippen molar-refractivity contribution in [3.63, 3.8) is 0 Å². The molecule has 1 amide bonds. The molecule has 1 aromatic carbocycles. The summed E-state index contributed by atoms with van der Waals surface area (Å²) in [5.41, 5.74) is 6.53. The van der Waals surface area contributed by atoms with E-state index in [1.54, 1.807) is 17.0 Å². The third kappa shape index (κ3) is 4.19. The van der Waals surface area contributed by atoms with Crippen molar-refractivity contribution in [3.05, 3.63) is 35.1 Å². The number of hydrogen-bond donors (Lipinski definition) is 1. The molecule has 22 heavy (non-hydrogen) atoms. The first kappa shape index (κ1) is 16.7. The van der Waals surface area contributed by atoms with E-state index in [-0.39, 0.29) is 24.4 Å². The molecule has 1 aliphatic heterocycles. The van der Waals surface area contributed by atoms with Crippen molar-refractivity contribution in [1.29, 1.82) is 0 Å². The zero-order valence-corrected chi connectivity index (χ0v) is 13.6. The Kier molecular flexibility index (Phi) is 5.06.